The summed E-state index contributed by atoms with van der Waals surface area (Å²) in [6.07, 6.45) is 0. The molecule has 1 unspecified atom stereocenters. The van der Waals surface area contributed by atoms with Crippen molar-refractivity contribution in [2.24, 2.45) is 0 Å². The molecule has 0 radical (unpaired) electrons. The van der Waals surface area contributed by atoms with Crippen molar-refractivity contribution in [2.45, 2.75) is 13.0 Å². The van der Waals surface area contributed by atoms with E-state index in [2.05, 4.69) is 10.1 Å². The lowest BCUT2D eigenvalue weighted by Crippen LogP contribution is -2.46. The molecule has 0 aliphatic carbocycles. The number of rotatable bonds is 4. The molecule has 6 heteroatoms. The lowest BCUT2D eigenvalue weighted by Gasteiger charge is -2.13. The Labute approximate surface area is 69.8 Å². The van der Waals surface area contributed by atoms with Gasteiger partial charge < -0.3 is 15.3 Å². The van der Waals surface area contributed by atoms with Gasteiger partial charge in [-0.05, 0) is 0 Å². The number of hydrogen-bond donors (Lipinski definition) is 3. The second-order valence-electron chi connectivity index (χ2n) is 2.14. The van der Waals surface area contributed by atoms with Gasteiger partial charge in [-0.15, -0.1) is 0 Å². The molecule has 0 bridgehead atoms. The van der Waals surface area contributed by atoms with Gasteiger partial charge in [0.2, 0.25) is 5.91 Å². The van der Waals surface area contributed by atoms with Gasteiger partial charge in [-0.3, -0.25) is 4.79 Å². The van der Waals surface area contributed by atoms with Crippen LogP contribution in [0.3, 0.4) is 0 Å². The van der Waals surface area contributed by atoms with E-state index in [1.807, 2.05) is 0 Å². The van der Waals surface area contributed by atoms with Crippen LogP contribution in [-0.2, 0) is 14.3 Å². The van der Waals surface area contributed by atoms with E-state index >= 15 is 0 Å². The number of esters is 1. The summed E-state index contributed by atoms with van der Waals surface area (Å²) in [6.45, 7) is 1.19. The summed E-state index contributed by atoms with van der Waals surface area (Å²) in [5.41, 5.74) is 1.77. The first-order chi connectivity index (χ1) is 5.61. The summed E-state index contributed by atoms with van der Waals surface area (Å²) in [5.74, 6) is -0.965. The number of ether oxygens (including phenoxy) is 1. The highest BCUT2D eigenvalue weighted by atomic mass is 16.5. The Balaban J connectivity index is 4.02. The average molecular weight is 176 g/mol. The summed E-state index contributed by atoms with van der Waals surface area (Å²) in [4.78, 5) is 21.4. The Morgan fingerprint density at radius 3 is 2.50 bits per heavy atom. The topological polar surface area (TPSA) is 87.7 Å². The molecule has 0 aromatic heterocycles. The van der Waals surface area contributed by atoms with Gasteiger partial charge in [0.25, 0.3) is 0 Å². The van der Waals surface area contributed by atoms with Crippen LogP contribution in [0.25, 0.3) is 0 Å². The third kappa shape index (κ3) is 3.89. The normalized spacial score (nSPS) is 11.9. The van der Waals surface area contributed by atoms with Crippen molar-refractivity contribution in [1.29, 1.82) is 0 Å². The first kappa shape index (κ1) is 10.9. The van der Waals surface area contributed by atoms with Crippen molar-refractivity contribution < 1.29 is 19.5 Å². The van der Waals surface area contributed by atoms with Crippen LogP contribution in [-0.4, -0.2) is 36.8 Å². The van der Waals surface area contributed by atoms with E-state index < -0.39 is 12.0 Å². The first-order valence-corrected chi connectivity index (χ1v) is 3.33. The van der Waals surface area contributed by atoms with E-state index in [9.17, 15) is 9.59 Å². The van der Waals surface area contributed by atoms with Crippen LogP contribution in [0.4, 0.5) is 0 Å². The molecule has 0 aromatic rings. The highest BCUT2D eigenvalue weighted by Crippen LogP contribution is 1.85. The number of amides is 1. The molecule has 0 fully saturated rings. The molecule has 0 saturated carbocycles. The first-order valence-electron chi connectivity index (χ1n) is 3.33. The van der Waals surface area contributed by atoms with Gasteiger partial charge in [0, 0.05) is 6.92 Å². The van der Waals surface area contributed by atoms with E-state index in [1.54, 1.807) is 5.48 Å². The van der Waals surface area contributed by atoms with Crippen molar-refractivity contribution in [3.05, 3.63) is 0 Å². The highest BCUT2D eigenvalue weighted by Gasteiger charge is 2.18. The van der Waals surface area contributed by atoms with Crippen LogP contribution in [0, 0.1) is 0 Å². The van der Waals surface area contributed by atoms with E-state index in [0.717, 1.165) is 0 Å². The molecule has 0 rings (SSSR count). The van der Waals surface area contributed by atoms with Crippen LogP contribution in [0.2, 0.25) is 0 Å². The summed E-state index contributed by atoms with van der Waals surface area (Å²) >= 11 is 0. The minimum atomic E-state index is -0.850. The Morgan fingerprint density at radius 2 is 2.17 bits per heavy atom. The van der Waals surface area contributed by atoms with E-state index in [0.29, 0.717) is 0 Å². The van der Waals surface area contributed by atoms with Crippen molar-refractivity contribution >= 4 is 11.9 Å². The van der Waals surface area contributed by atoms with Gasteiger partial charge in [-0.1, -0.05) is 0 Å². The molecule has 0 saturated heterocycles. The van der Waals surface area contributed by atoms with Crippen molar-refractivity contribution in [1.82, 2.24) is 10.8 Å². The largest absolute Gasteiger partial charge is 0.467 e. The SMILES string of the molecule is COC(=O)C(CNO)NC(C)=O. The smallest absolute Gasteiger partial charge is 0.329 e. The third-order valence-electron chi connectivity index (χ3n) is 1.16. The molecule has 70 valence electrons. The number of hydrogen-bond acceptors (Lipinski definition) is 5. The number of hydroxylamine groups is 1. The van der Waals surface area contributed by atoms with Crippen LogP contribution < -0.4 is 10.8 Å². The molecule has 0 spiro atoms. The van der Waals surface area contributed by atoms with E-state index in [-0.39, 0.29) is 12.5 Å². The van der Waals surface area contributed by atoms with Gasteiger partial charge in [-0.2, -0.15) is 0 Å². The predicted molar refractivity (Wildman–Crippen MR) is 39.4 cm³/mol. The monoisotopic (exact) mass is 176 g/mol. The van der Waals surface area contributed by atoms with Crippen LogP contribution in [0.5, 0.6) is 0 Å². The quantitative estimate of drug-likeness (QED) is 0.364. The van der Waals surface area contributed by atoms with E-state index in [4.69, 9.17) is 5.21 Å². The fourth-order valence-electron chi connectivity index (χ4n) is 0.672. The molecule has 1 atom stereocenters. The molecular weight excluding hydrogens is 164 g/mol. The maximum absolute atomic E-state index is 10.8. The fourth-order valence-corrected chi connectivity index (χ4v) is 0.672. The molecule has 3 N–H and O–H groups in total. The summed E-state index contributed by atoms with van der Waals surface area (Å²) in [6, 6.07) is -0.850. The third-order valence-corrected chi connectivity index (χ3v) is 1.16. The maximum atomic E-state index is 10.8. The molecule has 0 aliphatic heterocycles. The Bertz CT molecular complexity index is 171. The minimum Gasteiger partial charge on any atom is -0.467 e. The minimum absolute atomic E-state index is 0.0771. The average Bonchev–Trinajstić information content (AvgIpc) is 2.01. The van der Waals surface area contributed by atoms with Crippen molar-refractivity contribution in [3.8, 4) is 0 Å². The highest BCUT2D eigenvalue weighted by molar-refractivity contribution is 5.83. The molecule has 6 nitrogen and oxygen atoms in total. The predicted octanol–water partition coefficient (Wildman–Crippen LogP) is -1.36. The number of carbonyl (C=O) groups is 2. The van der Waals surface area contributed by atoms with Crippen molar-refractivity contribution in [3.63, 3.8) is 0 Å². The molecule has 0 aromatic carbocycles. The number of methoxy groups -OCH3 is 1. The fraction of sp³-hybridized carbons (Fsp3) is 0.667. The van der Waals surface area contributed by atoms with Crippen LogP contribution in [0.1, 0.15) is 6.92 Å². The standard InChI is InChI=1S/C6H12N2O4/c1-4(9)8-5(3-7-11)6(10)12-2/h5,7,11H,3H2,1-2H3,(H,8,9). The van der Waals surface area contributed by atoms with E-state index in [1.165, 1.54) is 14.0 Å². The zero-order valence-corrected chi connectivity index (χ0v) is 6.96. The van der Waals surface area contributed by atoms with Gasteiger partial charge in [-0.25, -0.2) is 10.3 Å². The zero-order valence-electron chi connectivity index (χ0n) is 6.96. The Kier molecular flexibility index (Phi) is 4.98. The van der Waals surface area contributed by atoms with Gasteiger partial charge in [0.15, 0.2) is 0 Å². The van der Waals surface area contributed by atoms with Crippen LogP contribution in [0.15, 0.2) is 0 Å². The van der Waals surface area contributed by atoms with Gasteiger partial charge in [0.1, 0.15) is 6.04 Å². The number of carbonyl (C=O) groups excluding carboxylic acids is 2. The molecular formula is C6H12N2O4. The molecule has 1 amide bonds. The maximum Gasteiger partial charge on any atom is 0.329 e. The molecule has 12 heavy (non-hydrogen) atoms. The number of nitrogens with one attached hydrogen (secondary N) is 2. The summed E-state index contributed by atoms with van der Waals surface area (Å²) in [7, 11) is 1.20. The lowest BCUT2D eigenvalue weighted by atomic mass is 10.3. The second-order valence-corrected chi connectivity index (χ2v) is 2.14. The van der Waals surface area contributed by atoms with Gasteiger partial charge >= 0.3 is 5.97 Å². The summed E-state index contributed by atoms with van der Waals surface area (Å²) < 4.78 is 4.36. The molecule has 0 aliphatic rings. The van der Waals surface area contributed by atoms with Crippen molar-refractivity contribution in [2.75, 3.05) is 13.7 Å². The zero-order chi connectivity index (χ0) is 9.56. The Morgan fingerprint density at radius 1 is 1.58 bits per heavy atom. The van der Waals surface area contributed by atoms with Gasteiger partial charge in [0.05, 0.1) is 13.7 Å². The lowest BCUT2D eigenvalue weighted by molar-refractivity contribution is -0.145. The van der Waals surface area contributed by atoms with Crippen LogP contribution >= 0.6 is 0 Å². The Hall–Kier alpha value is -1.14. The second kappa shape index (κ2) is 5.50. The molecule has 0 heterocycles. The summed E-state index contributed by atoms with van der Waals surface area (Å²) in [5, 5.41) is 10.6.